The predicted molar refractivity (Wildman–Crippen MR) is 229 cm³/mol. The third kappa shape index (κ3) is 10.6. The molecule has 5 fully saturated rings. The zero-order valence-corrected chi connectivity index (χ0v) is 39.6. The van der Waals surface area contributed by atoms with Gasteiger partial charge in [-0.25, -0.2) is 0 Å². The Bertz CT molecular complexity index is 1310. The van der Waals surface area contributed by atoms with Gasteiger partial charge in [-0.3, -0.25) is 4.90 Å². The van der Waals surface area contributed by atoms with E-state index < -0.39 is 89.9 Å². The van der Waals surface area contributed by atoms with Crippen molar-refractivity contribution in [3.63, 3.8) is 0 Å². The van der Waals surface area contributed by atoms with Crippen molar-refractivity contribution in [2.24, 2.45) is 23.7 Å². The molecule has 60 heavy (non-hydrogen) atoms. The smallest absolute Gasteiger partial charge is 0.286 e. The van der Waals surface area contributed by atoms with Crippen molar-refractivity contribution in [3.05, 3.63) is 0 Å². The molecule has 5 saturated heterocycles. The molecule has 13 nitrogen and oxygen atoms in total. The first-order valence-corrected chi connectivity index (χ1v) is 23.9. The van der Waals surface area contributed by atoms with Gasteiger partial charge in [0.05, 0.1) is 59.8 Å². The van der Waals surface area contributed by atoms with Crippen molar-refractivity contribution in [1.29, 1.82) is 0 Å². The van der Waals surface area contributed by atoms with E-state index in [0.717, 1.165) is 38.8 Å². The fraction of sp³-hybridized carbons (Fsp3) is 1.00. The maximum Gasteiger partial charge on any atom is 0.286 e. The normalized spacial score (nSPS) is 48.9. The zero-order chi connectivity index (χ0) is 44.4. The minimum Gasteiger partial charge on any atom is -0.387 e. The van der Waals surface area contributed by atoms with Crippen LogP contribution in [-0.4, -0.2) is 142 Å². The Kier molecular flexibility index (Phi) is 17.5. The standard InChI is InChI=1S/C47H87NO12/c1-14-17-19-21-23-48(24-22-20-18-15-2)34-25-29(5)54-43(37(34)49)57-41-31(7)39(56-36-27-44(10,53-13)40(50)33(9)55-36)32(8)47(52)58-35(16-3)46(12,51)42(60-47)30(6)38-28(4)26-45(41,11)59-38/h28-43,49-52H,14-27H2,1-13H3/t28-,29?,30-,31-,32+,33?,34?,35+,36-,37?,38?,39-,40-,41+,42+,43-,44?,45+,46+,47-/m0/s1. The Hall–Kier alpha value is -0.520. The molecule has 0 amide bonds. The molecule has 0 saturated carbocycles. The van der Waals surface area contributed by atoms with E-state index in [-0.39, 0.29) is 36.5 Å². The Morgan fingerprint density at radius 1 is 0.750 bits per heavy atom. The van der Waals surface area contributed by atoms with Crippen LogP contribution in [0.3, 0.4) is 0 Å². The van der Waals surface area contributed by atoms with Crippen LogP contribution in [0.25, 0.3) is 0 Å². The number of aliphatic hydroxyl groups is 4. The molecule has 5 aliphatic heterocycles. The first-order chi connectivity index (χ1) is 28.2. The van der Waals surface area contributed by atoms with E-state index in [0.29, 0.717) is 19.3 Å². The number of methoxy groups -OCH3 is 1. The molecule has 6 unspecified atom stereocenters. The van der Waals surface area contributed by atoms with Crippen LogP contribution in [0, 0.1) is 23.7 Å². The lowest BCUT2D eigenvalue weighted by Gasteiger charge is -2.55. The van der Waals surface area contributed by atoms with Crippen LogP contribution in [0.1, 0.15) is 160 Å². The van der Waals surface area contributed by atoms with Crippen molar-refractivity contribution in [2.75, 3.05) is 20.2 Å². The number of hydrogen-bond acceptors (Lipinski definition) is 13. The van der Waals surface area contributed by atoms with Gasteiger partial charge in [0.15, 0.2) is 12.6 Å². The van der Waals surface area contributed by atoms with Crippen LogP contribution >= 0.6 is 0 Å². The summed E-state index contributed by atoms with van der Waals surface area (Å²) in [7, 11) is 1.57. The molecule has 5 heterocycles. The molecule has 0 aliphatic carbocycles. The molecule has 5 rings (SSSR count). The van der Waals surface area contributed by atoms with Gasteiger partial charge in [-0.2, -0.15) is 0 Å². The van der Waals surface area contributed by atoms with E-state index in [2.05, 4.69) is 39.5 Å². The Balaban J connectivity index is 1.56. The molecule has 0 aromatic rings. The molecule has 13 heteroatoms. The molecule has 5 aliphatic rings. The Labute approximate surface area is 362 Å². The van der Waals surface area contributed by atoms with Crippen molar-refractivity contribution in [2.45, 2.75) is 256 Å². The van der Waals surface area contributed by atoms with E-state index in [1.807, 2.05) is 34.6 Å². The van der Waals surface area contributed by atoms with Crippen LogP contribution in [-0.2, 0) is 37.9 Å². The minimum atomic E-state index is -2.18. The predicted octanol–water partition coefficient (Wildman–Crippen LogP) is 6.68. The lowest BCUT2D eigenvalue weighted by atomic mass is 9.74. The highest BCUT2D eigenvalue weighted by Gasteiger charge is 2.64. The van der Waals surface area contributed by atoms with E-state index in [1.54, 1.807) is 21.0 Å². The number of fused-ring (bicyclic) bond motifs is 4. The Morgan fingerprint density at radius 3 is 1.97 bits per heavy atom. The summed E-state index contributed by atoms with van der Waals surface area (Å²) in [5, 5.41) is 48.4. The van der Waals surface area contributed by atoms with Crippen LogP contribution in [0.4, 0.5) is 0 Å². The SMILES string of the molecule is CCCCCCN(CCCCCC)C1CC(C)O[C@@H](O[C@@H]2[C@@H](C)[C@H](O[C@H]3CC(C)(OC)[C@@H](O)C(C)O3)[C@@H](C)[C@@]3(O)O[C@H]([C@@H](C)C4O[C@]2(C)C[C@@H]4C)[C@](C)(O)[C@@H](CC)O3)C1O. The first-order valence-electron chi connectivity index (χ1n) is 23.9. The van der Waals surface area contributed by atoms with Gasteiger partial charge in [0.25, 0.3) is 5.97 Å². The van der Waals surface area contributed by atoms with Crippen LogP contribution in [0.5, 0.6) is 0 Å². The highest BCUT2D eigenvalue weighted by atomic mass is 16.8. The van der Waals surface area contributed by atoms with Crippen LogP contribution < -0.4 is 0 Å². The summed E-state index contributed by atoms with van der Waals surface area (Å²) in [5.74, 6) is -3.91. The molecule has 352 valence electrons. The fourth-order valence-electron chi connectivity index (χ4n) is 11.6. The first kappa shape index (κ1) is 50.5. The molecule has 0 aromatic heterocycles. The topological polar surface area (TPSA) is 158 Å². The summed E-state index contributed by atoms with van der Waals surface area (Å²) in [6.07, 6.45) is 3.16. The monoisotopic (exact) mass is 858 g/mol. The molecule has 0 spiro atoms. The van der Waals surface area contributed by atoms with Gasteiger partial charge in [0.1, 0.15) is 17.8 Å². The number of nitrogens with zero attached hydrogens (tertiary/aromatic N) is 1. The average Bonchev–Trinajstić information content (AvgIpc) is 3.52. The van der Waals surface area contributed by atoms with Gasteiger partial charge in [-0.15, -0.1) is 0 Å². The molecular formula is C47H87NO12. The van der Waals surface area contributed by atoms with Gasteiger partial charge < -0.3 is 58.3 Å². The largest absolute Gasteiger partial charge is 0.387 e. The second-order valence-electron chi connectivity index (χ2n) is 20.4. The minimum absolute atomic E-state index is 0.0203. The van der Waals surface area contributed by atoms with E-state index in [1.165, 1.54) is 25.7 Å². The second kappa shape index (κ2) is 20.8. The van der Waals surface area contributed by atoms with E-state index in [9.17, 15) is 20.4 Å². The number of aliphatic hydroxyl groups excluding tert-OH is 2. The lowest BCUT2D eigenvalue weighted by molar-refractivity contribution is -0.481. The molecule has 0 aromatic carbocycles. The highest BCUT2D eigenvalue weighted by molar-refractivity contribution is 5.07. The maximum atomic E-state index is 12.7. The van der Waals surface area contributed by atoms with Gasteiger partial charge >= 0.3 is 0 Å². The fourth-order valence-corrected chi connectivity index (χ4v) is 11.6. The summed E-state index contributed by atoms with van der Waals surface area (Å²) < 4.78 is 53.4. The van der Waals surface area contributed by atoms with Crippen LogP contribution in [0.2, 0.25) is 0 Å². The number of unbranched alkanes of at least 4 members (excludes halogenated alkanes) is 6. The average molecular weight is 858 g/mol. The summed E-state index contributed by atoms with van der Waals surface area (Å²) in [5.41, 5.74) is -3.32. The zero-order valence-electron chi connectivity index (χ0n) is 39.6. The molecule has 4 bridgehead atoms. The third-order valence-electron chi connectivity index (χ3n) is 15.3. The van der Waals surface area contributed by atoms with Gasteiger partial charge in [0.2, 0.25) is 0 Å². The van der Waals surface area contributed by atoms with E-state index >= 15 is 0 Å². The maximum absolute atomic E-state index is 12.7. The highest BCUT2D eigenvalue weighted by Crippen LogP contribution is 2.52. The van der Waals surface area contributed by atoms with Crippen molar-refractivity contribution < 1.29 is 58.3 Å². The number of hydrogen-bond donors (Lipinski definition) is 4. The second-order valence-corrected chi connectivity index (χ2v) is 20.4. The lowest BCUT2D eigenvalue weighted by Crippen LogP contribution is -2.69. The summed E-state index contributed by atoms with van der Waals surface area (Å²) >= 11 is 0. The molecule has 20 atom stereocenters. The van der Waals surface area contributed by atoms with Gasteiger partial charge in [-0.1, -0.05) is 87.0 Å². The van der Waals surface area contributed by atoms with Gasteiger partial charge in [-0.05, 0) is 85.7 Å². The summed E-state index contributed by atoms with van der Waals surface area (Å²) in [6, 6.07) is -0.153. The third-order valence-corrected chi connectivity index (χ3v) is 15.3. The van der Waals surface area contributed by atoms with E-state index in [4.69, 9.17) is 37.9 Å². The summed E-state index contributed by atoms with van der Waals surface area (Å²) in [6.45, 7) is 25.7. The van der Waals surface area contributed by atoms with Crippen molar-refractivity contribution >= 4 is 0 Å². The van der Waals surface area contributed by atoms with Crippen molar-refractivity contribution in [3.8, 4) is 0 Å². The Morgan fingerprint density at radius 2 is 1.38 bits per heavy atom. The van der Waals surface area contributed by atoms with Gasteiger partial charge in [0, 0.05) is 31.4 Å². The summed E-state index contributed by atoms with van der Waals surface area (Å²) in [4.78, 5) is 2.48. The number of ether oxygens (including phenoxy) is 8. The molecular weight excluding hydrogens is 771 g/mol. The molecule has 4 N–H and O–H groups in total. The van der Waals surface area contributed by atoms with Crippen molar-refractivity contribution in [1.82, 2.24) is 4.90 Å². The number of rotatable bonds is 17. The quantitative estimate of drug-likeness (QED) is 0.115. The van der Waals surface area contributed by atoms with Crippen LogP contribution in [0.15, 0.2) is 0 Å². The molecule has 0 radical (unpaired) electrons.